The molecular formula is C7H8BF2NO3. The van der Waals surface area contributed by atoms with Crippen LogP contribution in [-0.4, -0.2) is 35.2 Å². The summed E-state index contributed by atoms with van der Waals surface area (Å²) in [6, 6.07) is 2.62. The normalized spacial score (nSPS) is 10.4. The van der Waals surface area contributed by atoms with E-state index in [-0.39, 0.29) is 11.3 Å². The average Bonchev–Trinajstić information content (AvgIpc) is 2.15. The van der Waals surface area contributed by atoms with E-state index in [2.05, 4.69) is 9.72 Å². The summed E-state index contributed by atoms with van der Waals surface area (Å²) in [5.74, 6) is 0.0229. The van der Waals surface area contributed by atoms with Crippen molar-refractivity contribution in [1.29, 1.82) is 0 Å². The molecule has 0 amide bonds. The Hall–Kier alpha value is -1.21. The molecule has 0 radical (unpaired) electrons. The Morgan fingerprint density at radius 1 is 1.43 bits per heavy atom. The Labute approximate surface area is 79.3 Å². The number of ether oxygens (including phenoxy) is 1. The predicted molar refractivity (Wildman–Crippen MR) is 45.6 cm³/mol. The minimum Gasteiger partial charge on any atom is -0.472 e. The van der Waals surface area contributed by atoms with Crippen molar-refractivity contribution in [3.8, 4) is 5.88 Å². The molecule has 0 aliphatic heterocycles. The van der Waals surface area contributed by atoms with Gasteiger partial charge in [0, 0.05) is 11.7 Å². The molecule has 1 heterocycles. The molecule has 0 unspecified atom stereocenters. The lowest BCUT2D eigenvalue weighted by atomic mass is 9.82. The lowest BCUT2D eigenvalue weighted by Gasteiger charge is -2.04. The van der Waals surface area contributed by atoms with Gasteiger partial charge >= 0.3 is 7.12 Å². The van der Waals surface area contributed by atoms with E-state index >= 15 is 0 Å². The van der Waals surface area contributed by atoms with Crippen molar-refractivity contribution < 1.29 is 23.6 Å². The lowest BCUT2D eigenvalue weighted by Crippen LogP contribution is -2.29. The maximum Gasteiger partial charge on any atom is 0.490 e. The highest BCUT2D eigenvalue weighted by Crippen LogP contribution is 2.04. The first-order chi connectivity index (χ1) is 6.59. The summed E-state index contributed by atoms with van der Waals surface area (Å²) in [6.07, 6.45) is -1.41. The molecule has 1 aromatic heterocycles. The highest BCUT2D eigenvalue weighted by atomic mass is 19.3. The van der Waals surface area contributed by atoms with Gasteiger partial charge in [-0.15, -0.1) is 0 Å². The predicted octanol–water partition coefficient (Wildman–Crippen LogP) is -0.595. The number of aromatic nitrogens is 1. The Morgan fingerprint density at radius 2 is 2.14 bits per heavy atom. The molecule has 0 fully saturated rings. The fourth-order valence-corrected chi connectivity index (χ4v) is 0.778. The molecule has 14 heavy (non-hydrogen) atoms. The van der Waals surface area contributed by atoms with Crippen LogP contribution in [0.3, 0.4) is 0 Å². The number of halogens is 2. The topological polar surface area (TPSA) is 62.6 Å². The van der Waals surface area contributed by atoms with E-state index < -0.39 is 20.2 Å². The third-order valence-corrected chi connectivity index (χ3v) is 1.41. The molecule has 0 spiro atoms. The molecule has 0 saturated carbocycles. The molecule has 1 rings (SSSR count). The second-order valence-electron chi connectivity index (χ2n) is 2.51. The van der Waals surface area contributed by atoms with Gasteiger partial charge in [0.15, 0.2) is 6.61 Å². The minimum absolute atomic E-state index is 0.0229. The number of rotatable bonds is 4. The van der Waals surface area contributed by atoms with Gasteiger partial charge in [0.25, 0.3) is 6.43 Å². The summed E-state index contributed by atoms with van der Waals surface area (Å²) in [7, 11) is -1.62. The van der Waals surface area contributed by atoms with Crippen LogP contribution in [0.2, 0.25) is 0 Å². The van der Waals surface area contributed by atoms with E-state index in [1.54, 1.807) is 0 Å². The molecule has 0 bridgehead atoms. The van der Waals surface area contributed by atoms with Crippen LogP contribution in [0.15, 0.2) is 18.3 Å². The summed E-state index contributed by atoms with van der Waals surface area (Å²) < 4.78 is 28.0. The summed E-state index contributed by atoms with van der Waals surface area (Å²) in [4.78, 5) is 3.60. The Kier molecular flexibility index (Phi) is 3.78. The number of nitrogens with zero attached hydrogens (tertiary/aromatic N) is 1. The van der Waals surface area contributed by atoms with Crippen LogP contribution < -0.4 is 10.2 Å². The van der Waals surface area contributed by atoms with Gasteiger partial charge in [-0.1, -0.05) is 6.07 Å². The van der Waals surface area contributed by atoms with Crippen molar-refractivity contribution in [1.82, 2.24) is 4.98 Å². The Balaban J connectivity index is 2.55. The summed E-state index contributed by atoms with van der Waals surface area (Å²) in [6.45, 7) is -0.728. The van der Waals surface area contributed by atoms with Crippen molar-refractivity contribution in [3.63, 3.8) is 0 Å². The first kappa shape index (κ1) is 10.9. The minimum atomic E-state index is -2.56. The number of pyridine rings is 1. The lowest BCUT2D eigenvalue weighted by molar-refractivity contribution is 0.0796. The molecule has 7 heteroatoms. The first-order valence-corrected chi connectivity index (χ1v) is 3.82. The molecule has 0 aliphatic carbocycles. The van der Waals surface area contributed by atoms with E-state index in [1.165, 1.54) is 12.1 Å². The molecule has 4 nitrogen and oxygen atoms in total. The molecule has 1 aromatic rings. The molecule has 0 atom stereocenters. The molecule has 0 saturated heterocycles. The van der Waals surface area contributed by atoms with Crippen LogP contribution in [0.4, 0.5) is 8.78 Å². The Bertz CT molecular complexity index is 281. The SMILES string of the molecule is OB(O)c1ccc(OCC(F)F)nc1. The molecule has 2 N–H and O–H groups in total. The van der Waals surface area contributed by atoms with Crippen molar-refractivity contribution in [3.05, 3.63) is 18.3 Å². The number of hydrogen-bond acceptors (Lipinski definition) is 4. The molecule has 76 valence electrons. The highest BCUT2D eigenvalue weighted by Gasteiger charge is 2.11. The van der Waals surface area contributed by atoms with Crippen LogP contribution in [0, 0.1) is 0 Å². The van der Waals surface area contributed by atoms with Crippen LogP contribution in [0.25, 0.3) is 0 Å². The maximum absolute atomic E-state index is 11.7. The van der Waals surface area contributed by atoms with Gasteiger partial charge in [-0.25, -0.2) is 13.8 Å². The fraction of sp³-hybridized carbons (Fsp3) is 0.286. The number of hydrogen-bond donors (Lipinski definition) is 2. The van der Waals surface area contributed by atoms with E-state index in [0.29, 0.717) is 0 Å². The molecule has 0 aromatic carbocycles. The second kappa shape index (κ2) is 4.87. The van der Waals surface area contributed by atoms with E-state index in [0.717, 1.165) is 6.20 Å². The zero-order valence-electron chi connectivity index (χ0n) is 7.10. The van der Waals surface area contributed by atoms with Gasteiger partial charge in [-0.05, 0) is 6.07 Å². The fourth-order valence-electron chi connectivity index (χ4n) is 0.778. The van der Waals surface area contributed by atoms with Crippen LogP contribution in [-0.2, 0) is 0 Å². The van der Waals surface area contributed by atoms with Gasteiger partial charge in [-0.2, -0.15) is 0 Å². The van der Waals surface area contributed by atoms with E-state index in [1.807, 2.05) is 0 Å². The van der Waals surface area contributed by atoms with Crippen LogP contribution in [0.5, 0.6) is 5.88 Å². The zero-order valence-corrected chi connectivity index (χ0v) is 7.10. The average molecular weight is 203 g/mol. The van der Waals surface area contributed by atoms with Gasteiger partial charge < -0.3 is 14.8 Å². The van der Waals surface area contributed by atoms with Crippen molar-refractivity contribution in [2.45, 2.75) is 6.43 Å². The molecule has 0 aliphatic rings. The van der Waals surface area contributed by atoms with Gasteiger partial charge in [0.2, 0.25) is 5.88 Å². The third-order valence-electron chi connectivity index (χ3n) is 1.41. The monoisotopic (exact) mass is 203 g/mol. The smallest absolute Gasteiger partial charge is 0.472 e. The zero-order chi connectivity index (χ0) is 10.6. The third kappa shape index (κ3) is 3.27. The number of alkyl halides is 2. The summed E-state index contributed by atoms with van der Waals surface area (Å²) >= 11 is 0. The van der Waals surface area contributed by atoms with Crippen molar-refractivity contribution in [2.75, 3.05) is 6.61 Å². The summed E-state index contributed by atoms with van der Waals surface area (Å²) in [5.41, 5.74) is 0.175. The van der Waals surface area contributed by atoms with Crippen molar-refractivity contribution in [2.24, 2.45) is 0 Å². The van der Waals surface area contributed by atoms with Crippen LogP contribution >= 0.6 is 0 Å². The standard InChI is InChI=1S/C7H8BF2NO3/c9-6(10)4-14-7-2-1-5(3-11-7)8(12)13/h1-3,6,12-13H,4H2. The maximum atomic E-state index is 11.7. The highest BCUT2D eigenvalue weighted by molar-refractivity contribution is 6.58. The Morgan fingerprint density at radius 3 is 2.57 bits per heavy atom. The van der Waals surface area contributed by atoms with Gasteiger partial charge in [0.05, 0.1) is 0 Å². The summed E-state index contributed by atoms with van der Waals surface area (Å²) in [5, 5.41) is 17.4. The largest absolute Gasteiger partial charge is 0.490 e. The quantitative estimate of drug-likeness (QED) is 0.641. The van der Waals surface area contributed by atoms with Crippen LogP contribution in [0.1, 0.15) is 0 Å². The van der Waals surface area contributed by atoms with Gasteiger partial charge in [0.1, 0.15) is 0 Å². The second-order valence-corrected chi connectivity index (χ2v) is 2.51. The first-order valence-electron chi connectivity index (χ1n) is 3.82. The van der Waals surface area contributed by atoms with Gasteiger partial charge in [-0.3, -0.25) is 0 Å². The molecular weight excluding hydrogens is 195 g/mol. The van der Waals surface area contributed by atoms with E-state index in [9.17, 15) is 8.78 Å². The van der Waals surface area contributed by atoms with E-state index in [4.69, 9.17) is 10.0 Å². The van der Waals surface area contributed by atoms with Crippen molar-refractivity contribution >= 4 is 12.6 Å².